The number of hydrogen-bond acceptors (Lipinski definition) is 3. The lowest BCUT2D eigenvalue weighted by Crippen LogP contribution is -2.34. The van der Waals surface area contributed by atoms with Gasteiger partial charge in [-0.1, -0.05) is 0 Å². The van der Waals surface area contributed by atoms with E-state index in [1.807, 2.05) is 0 Å². The number of amides is 1. The molecule has 0 bridgehead atoms. The number of ether oxygens (including phenoxy) is 1. The molecule has 15 heavy (non-hydrogen) atoms. The average Bonchev–Trinajstić information content (AvgIpc) is 2.69. The standard InChI is InChI=1S/C9H16F2N2O2/c10-8(11)6-15-4-3-13-9(14)7-1-2-12-5-7/h7-8,12H,1-6H2,(H,13,14). The van der Waals surface area contributed by atoms with E-state index in [1.165, 1.54) is 0 Å². The summed E-state index contributed by atoms with van der Waals surface area (Å²) in [6.45, 7) is 1.42. The van der Waals surface area contributed by atoms with E-state index in [9.17, 15) is 13.6 Å². The van der Waals surface area contributed by atoms with Crippen LogP contribution in [0.5, 0.6) is 0 Å². The number of carbonyl (C=O) groups is 1. The van der Waals surface area contributed by atoms with Crippen LogP contribution in [0.1, 0.15) is 6.42 Å². The average molecular weight is 222 g/mol. The van der Waals surface area contributed by atoms with Crippen molar-refractivity contribution in [3.8, 4) is 0 Å². The van der Waals surface area contributed by atoms with Crippen LogP contribution in [0.4, 0.5) is 8.78 Å². The minimum Gasteiger partial charge on any atom is -0.374 e. The van der Waals surface area contributed by atoms with Crippen LogP contribution in [-0.4, -0.2) is 45.2 Å². The summed E-state index contributed by atoms with van der Waals surface area (Å²) in [7, 11) is 0. The van der Waals surface area contributed by atoms with Gasteiger partial charge >= 0.3 is 0 Å². The fourth-order valence-corrected chi connectivity index (χ4v) is 1.44. The van der Waals surface area contributed by atoms with E-state index in [2.05, 4.69) is 15.4 Å². The molecule has 2 N–H and O–H groups in total. The molecular weight excluding hydrogens is 206 g/mol. The van der Waals surface area contributed by atoms with Gasteiger partial charge in [0.1, 0.15) is 6.61 Å². The predicted octanol–water partition coefficient (Wildman–Crippen LogP) is -0.00620. The van der Waals surface area contributed by atoms with Gasteiger partial charge in [-0.05, 0) is 13.0 Å². The molecule has 0 aromatic heterocycles. The predicted molar refractivity (Wildman–Crippen MR) is 50.8 cm³/mol. The Hall–Kier alpha value is -0.750. The second-order valence-corrected chi connectivity index (χ2v) is 3.45. The van der Waals surface area contributed by atoms with Crippen molar-refractivity contribution in [3.63, 3.8) is 0 Å². The molecule has 1 fully saturated rings. The summed E-state index contributed by atoms with van der Waals surface area (Å²) < 4.78 is 27.9. The van der Waals surface area contributed by atoms with Gasteiger partial charge in [0.05, 0.1) is 12.5 Å². The lowest BCUT2D eigenvalue weighted by molar-refractivity contribution is -0.124. The van der Waals surface area contributed by atoms with E-state index in [0.29, 0.717) is 13.1 Å². The first kappa shape index (κ1) is 12.3. The highest BCUT2D eigenvalue weighted by molar-refractivity contribution is 5.79. The normalized spacial score (nSPS) is 20.9. The third kappa shape index (κ3) is 5.03. The molecule has 0 spiro atoms. The lowest BCUT2D eigenvalue weighted by Gasteiger charge is -2.09. The second kappa shape index (κ2) is 6.68. The number of alkyl halides is 2. The monoisotopic (exact) mass is 222 g/mol. The molecule has 1 saturated heterocycles. The summed E-state index contributed by atoms with van der Waals surface area (Å²) in [5, 5.41) is 5.73. The Morgan fingerprint density at radius 2 is 2.40 bits per heavy atom. The van der Waals surface area contributed by atoms with E-state index in [0.717, 1.165) is 13.0 Å². The Labute approximate surface area is 87.4 Å². The van der Waals surface area contributed by atoms with Gasteiger partial charge in [0.15, 0.2) is 0 Å². The Morgan fingerprint density at radius 3 is 3.00 bits per heavy atom. The first-order valence-electron chi connectivity index (χ1n) is 5.04. The molecule has 0 aromatic rings. The number of rotatable bonds is 6. The molecule has 0 radical (unpaired) electrons. The first-order chi connectivity index (χ1) is 7.20. The van der Waals surface area contributed by atoms with Crippen LogP contribution < -0.4 is 10.6 Å². The van der Waals surface area contributed by atoms with E-state index >= 15 is 0 Å². The lowest BCUT2D eigenvalue weighted by atomic mass is 10.1. The van der Waals surface area contributed by atoms with Gasteiger partial charge in [-0.3, -0.25) is 4.79 Å². The van der Waals surface area contributed by atoms with Gasteiger partial charge in [0.25, 0.3) is 6.43 Å². The molecule has 1 heterocycles. The summed E-state index contributed by atoms with van der Waals surface area (Å²) >= 11 is 0. The van der Waals surface area contributed by atoms with Gasteiger partial charge < -0.3 is 15.4 Å². The Bertz CT molecular complexity index is 197. The third-order valence-corrected chi connectivity index (χ3v) is 2.22. The molecule has 0 aliphatic carbocycles. The van der Waals surface area contributed by atoms with Crippen LogP contribution in [0.25, 0.3) is 0 Å². The summed E-state index contributed by atoms with van der Waals surface area (Å²) in [6, 6.07) is 0. The molecule has 1 aliphatic heterocycles. The van der Waals surface area contributed by atoms with E-state index < -0.39 is 13.0 Å². The summed E-state index contributed by atoms with van der Waals surface area (Å²) in [5.74, 6) is -0.0132. The molecule has 0 aromatic carbocycles. The van der Waals surface area contributed by atoms with Gasteiger partial charge in [-0.2, -0.15) is 0 Å². The third-order valence-electron chi connectivity index (χ3n) is 2.22. The van der Waals surface area contributed by atoms with Crippen LogP contribution in [0, 0.1) is 5.92 Å². The van der Waals surface area contributed by atoms with E-state index in [1.54, 1.807) is 0 Å². The van der Waals surface area contributed by atoms with Crippen molar-refractivity contribution in [2.75, 3.05) is 32.8 Å². The Morgan fingerprint density at radius 1 is 1.60 bits per heavy atom. The van der Waals surface area contributed by atoms with Crippen LogP contribution >= 0.6 is 0 Å². The van der Waals surface area contributed by atoms with Crippen LogP contribution in [-0.2, 0) is 9.53 Å². The molecule has 6 heteroatoms. The first-order valence-corrected chi connectivity index (χ1v) is 5.04. The second-order valence-electron chi connectivity index (χ2n) is 3.45. The molecule has 88 valence electrons. The van der Waals surface area contributed by atoms with Crippen molar-refractivity contribution in [1.82, 2.24) is 10.6 Å². The SMILES string of the molecule is O=C(NCCOCC(F)F)C1CCNC1. The fraction of sp³-hybridized carbons (Fsp3) is 0.889. The van der Waals surface area contributed by atoms with Crippen LogP contribution in [0.3, 0.4) is 0 Å². The zero-order chi connectivity index (χ0) is 11.1. The molecule has 4 nitrogen and oxygen atoms in total. The summed E-state index contributed by atoms with van der Waals surface area (Å²) in [5.41, 5.74) is 0. The smallest absolute Gasteiger partial charge is 0.261 e. The maximum absolute atomic E-state index is 11.6. The zero-order valence-electron chi connectivity index (χ0n) is 8.47. The molecule has 1 amide bonds. The van der Waals surface area contributed by atoms with Crippen LogP contribution in [0.15, 0.2) is 0 Å². The minimum atomic E-state index is -2.44. The highest BCUT2D eigenvalue weighted by Gasteiger charge is 2.21. The Kier molecular flexibility index (Phi) is 5.49. The van der Waals surface area contributed by atoms with Crippen molar-refractivity contribution in [3.05, 3.63) is 0 Å². The maximum atomic E-state index is 11.6. The van der Waals surface area contributed by atoms with Gasteiger partial charge in [-0.15, -0.1) is 0 Å². The fourth-order valence-electron chi connectivity index (χ4n) is 1.44. The minimum absolute atomic E-state index is 0.0140. The highest BCUT2D eigenvalue weighted by Crippen LogP contribution is 2.06. The zero-order valence-corrected chi connectivity index (χ0v) is 8.47. The van der Waals surface area contributed by atoms with E-state index in [-0.39, 0.29) is 18.4 Å². The highest BCUT2D eigenvalue weighted by atomic mass is 19.3. The van der Waals surface area contributed by atoms with Gasteiger partial charge in [-0.25, -0.2) is 8.78 Å². The topological polar surface area (TPSA) is 50.4 Å². The molecule has 1 aliphatic rings. The molecule has 0 saturated carbocycles. The number of carbonyl (C=O) groups excluding carboxylic acids is 1. The van der Waals surface area contributed by atoms with Crippen molar-refractivity contribution in [1.29, 1.82) is 0 Å². The van der Waals surface area contributed by atoms with Crippen molar-refractivity contribution >= 4 is 5.91 Å². The van der Waals surface area contributed by atoms with E-state index in [4.69, 9.17) is 0 Å². The molecule has 1 rings (SSSR count). The number of halogens is 2. The molecular formula is C9H16F2N2O2. The summed E-state index contributed by atoms with van der Waals surface area (Å²) in [4.78, 5) is 11.4. The Balaban J connectivity index is 1.97. The number of nitrogens with one attached hydrogen (secondary N) is 2. The van der Waals surface area contributed by atoms with Crippen molar-refractivity contribution in [2.24, 2.45) is 5.92 Å². The van der Waals surface area contributed by atoms with Gasteiger partial charge in [0, 0.05) is 13.1 Å². The van der Waals surface area contributed by atoms with Crippen LogP contribution in [0.2, 0.25) is 0 Å². The quantitative estimate of drug-likeness (QED) is 0.622. The largest absolute Gasteiger partial charge is 0.374 e. The van der Waals surface area contributed by atoms with Crippen molar-refractivity contribution in [2.45, 2.75) is 12.8 Å². The molecule has 1 unspecified atom stereocenters. The summed E-state index contributed by atoms with van der Waals surface area (Å²) in [6.07, 6.45) is -1.61. The maximum Gasteiger partial charge on any atom is 0.261 e. The number of hydrogen-bond donors (Lipinski definition) is 2. The van der Waals surface area contributed by atoms with Gasteiger partial charge in [0.2, 0.25) is 5.91 Å². The van der Waals surface area contributed by atoms with Crippen molar-refractivity contribution < 1.29 is 18.3 Å². The molecule has 1 atom stereocenters.